The number of nitrogens with zero attached hydrogens (tertiary/aromatic N) is 2. The highest BCUT2D eigenvalue weighted by Crippen LogP contribution is 2.26. The number of benzene rings is 2. The molecule has 142 valence electrons. The SMILES string of the molecule is COc1ccccc1C(=O)Nc1ccc(N2CCN(C)CC2)cc1C(=O)O. The Balaban J connectivity index is 1.85. The van der Waals surface area contributed by atoms with Crippen LogP contribution in [0, 0.1) is 0 Å². The first kappa shape index (κ1) is 18.7. The lowest BCUT2D eigenvalue weighted by molar-refractivity contribution is 0.0698. The number of carboxylic acids is 1. The number of carboxylic acid groups (broad SMARTS) is 1. The molecule has 7 heteroatoms. The van der Waals surface area contributed by atoms with Crippen molar-refractivity contribution in [2.75, 3.05) is 50.6 Å². The van der Waals surface area contributed by atoms with Gasteiger partial charge in [-0.25, -0.2) is 4.79 Å². The van der Waals surface area contributed by atoms with Crippen LogP contribution in [0.25, 0.3) is 0 Å². The van der Waals surface area contributed by atoms with Crippen LogP contribution in [0.3, 0.4) is 0 Å². The van der Waals surface area contributed by atoms with Crippen LogP contribution in [0.2, 0.25) is 0 Å². The second-order valence-corrected chi connectivity index (χ2v) is 6.48. The molecule has 3 rings (SSSR count). The molecule has 7 nitrogen and oxygen atoms in total. The second kappa shape index (κ2) is 8.09. The fourth-order valence-corrected chi connectivity index (χ4v) is 3.10. The van der Waals surface area contributed by atoms with Gasteiger partial charge >= 0.3 is 5.97 Å². The molecule has 27 heavy (non-hydrogen) atoms. The predicted molar refractivity (Wildman–Crippen MR) is 104 cm³/mol. The Bertz CT molecular complexity index is 845. The zero-order chi connectivity index (χ0) is 19.4. The monoisotopic (exact) mass is 369 g/mol. The quantitative estimate of drug-likeness (QED) is 0.842. The maximum atomic E-state index is 12.6. The van der Waals surface area contributed by atoms with Gasteiger partial charge in [-0.05, 0) is 37.4 Å². The fraction of sp³-hybridized carbons (Fsp3) is 0.300. The molecule has 0 unspecified atom stereocenters. The minimum Gasteiger partial charge on any atom is -0.496 e. The third-order valence-electron chi connectivity index (χ3n) is 4.70. The van der Waals surface area contributed by atoms with Gasteiger partial charge in [-0.2, -0.15) is 0 Å². The minimum atomic E-state index is -1.08. The molecular weight excluding hydrogens is 346 g/mol. The average Bonchev–Trinajstić information content (AvgIpc) is 2.68. The number of nitrogens with one attached hydrogen (secondary N) is 1. The number of aromatic carboxylic acids is 1. The van der Waals surface area contributed by atoms with Crippen molar-refractivity contribution in [3.05, 3.63) is 53.6 Å². The second-order valence-electron chi connectivity index (χ2n) is 6.48. The Hall–Kier alpha value is -3.06. The third kappa shape index (κ3) is 4.20. The molecule has 2 aromatic carbocycles. The summed E-state index contributed by atoms with van der Waals surface area (Å²) in [4.78, 5) is 28.7. The summed E-state index contributed by atoms with van der Waals surface area (Å²) in [5.74, 6) is -1.07. The van der Waals surface area contributed by atoms with Crippen LogP contribution in [-0.2, 0) is 0 Å². The van der Waals surface area contributed by atoms with Crippen LogP contribution in [0.15, 0.2) is 42.5 Å². The molecule has 1 aliphatic rings. The fourth-order valence-electron chi connectivity index (χ4n) is 3.10. The number of piperazine rings is 1. The molecule has 0 spiro atoms. The first-order chi connectivity index (χ1) is 13.0. The number of amides is 1. The van der Waals surface area contributed by atoms with Crippen molar-refractivity contribution in [1.82, 2.24) is 4.90 Å². The first-order valence-electron chi connectivity index (χ1n) is 8.75. The number of carbonyl (C=O) groups excluding carboxylic acids is 1. The third-order valence-corrected chi connectivity index (χ3v) is 4.70. The van der Waals surface area contributed by atoms with E-state index in [9.17, 15) is 14.7 Å². The van der Waals surface area contributed by atoms with Gasteiger partial charge in [0, 0.05) is 31.9 Å². The number of methoxy groups -OCH3 is 1. The van der Waals surface area contributed by atoms with Crippen LogP contribution in [-0.4, -0.2) is 62.2 Å². The molecule has 0 atom stereocenters. The molecular formula is C20H23N3O4. The molecule has 1 aliphatic heterocycles. The van der Waals surface area contributed by atoms with Crippen LogP contribution in [0.5, 0.6) is 5.75 Å². The zero-order valence-electron chi connectivity index (χ0n) is 15.4. The summed E-state index contributed by atoms with van der Waals surface area (Å²) >= 11 is 0. The molecule has 1 heterocycles. The molecule has 0 bridgehead atoms. The molecule has 1 amide bonds. The normalized spacial score (nSPS) is 14.7. The van der Waals surface area contributed by atoms with Gasteiger partial charge in [-0.3, -0.25) is 4.79 Å². The maximum Gasteiger partial charge on any atom is 0.337 e. The highest BCUT2D eigenvalue weighted by Gasteiger charge is 2.20. The lowest BCUT2D eigenvalue weighted by atomic mass is 10.1. The van der Waals surface area contributed by atoms with Crippen LogP contribution in [0.1, 0.15) is 20.7 Å². The van der Waals surface area contributed by atoms with Crippen molar-refractivity contribution in [3.8, 4) is 5.75 Å². The number of hydrogen-bond acceptors (Lipinski definition) is 5. The van der Waals surface area contributed by atoms with Gasteiger partial charge < -0.3 is 25.0 Å². The topological polar surface area (TPSA) is 82.1 Å². The van der Waals surface area contributed by atoms with Crippen molar-refractivity contribution < 1.29 is 19.4 Å². The summed E-state index contributed by atoms with van der Waals surface area (Å²) in [5.41, 5.74) is 1.52. The number of rotatable bonds is 5. The van der Waals surface area contributed by atoms with Crippen LogP contribution < -0.4 is 15.0 Å². The number of hydrogen-bond donors (Lipinski definition) is 2. The maximum absolute atomic E-state index is 12.6. The number of carbonyl (C=O) groups is 2. The highest BCUT2D eigenvalue weighted by molar-refractivity contribution is 6.09. The van der Waals surface area contributed by atoms with E-state index in [2.05, 4.69) is 22.2 Å². The molecule has 0 aromatic heterocycles. The standard InChI is InChI=1S/C20H23N3O4/c1-22-9-11-23(12-10-22)14-7-8-17(16(13-14)20(25)26)21-19(24)15-5-3-4-6-18(15)27-2/h3-8,13H,9-12H2,1-2H3,(H,21,24)(H,25,26). The summed E-state index contributed by atoms with van der Waals surface area (Å²) in [6.07, 6.45) is 0. The molecule has 1 saturated heterocycles. The van der Waals surface area contributed by atoms with Crippen molar-refractivity contribution in [2.45, 2.75) is 0 Å². The molecule has 0 aliphatic carbocycles. The van der Waals surface area contributed by atoms with Crippen LogP contribution in [0.4, 0.5) is 11.4 Å². The van der Waals surface area contributed by atoms with E-state index < -0.39 is 11.9 Å². The number of para-hydroxylation sites is 1. The van der Waals surface area contributed by atoms with E-state index in [1.165, 1.54) is 7.11 Å². The smallest absolute Gasteiger partial charge is 0.337 e. The van der Waals surface area contributed by atoms with Gasteiger partial charge in [0.15, 0.2) is 0 Å². The zero-order valence-corrected chi connectivity index (χ0v) is 15.4. The number of ether oxygens (including phenoxy) is 1. The first-order valence-corrected chi connectivity index (χ1v) is 8.75. The summed E-state index contributed by atoms with van der Waals surface area (Å²) in [5, 5.41) is 12.3. The van der Waals surface area contributed by atoms with Crippen molar-refractivity contribution in [3.63, 3.8) is 0 Å². The summed E-state index contributed by atoms with van der Waals surface area (Å²) < 4.78 is 5.20. The highest BCUT2D eigenvalue weighted by atomic mass is 16.5. The molecule has 0 radical (unpaired) electrons. The van der Waals surface area contributed by atoms with Gasteiger partial charge in [-0.15, -0.1) is 0 Å². The largest absolute Gasteiger partial charge is 0.496 e. The molecule has 2 N–H and O–H groups in total. The van der Waals surface area contributed by atoms with E-state index in [4.69, 9.17) is 4.74 Å². The Labute approximate surface area is 158 Å². The van der Waals surface area contributed by atoms with Gasteiger partial charge in [0.1, 0.15) is 5.75 Å². The number of anilines is 2. The van der Waals surface area contributed by atoms with Gasteiger partial charge in [0.2, 0.25) is 0 Å². The lowest BCUT2D eigenvalue weighted by Crippen LogP contribution is -2.44. The molecule has 2 aromatic rings. The van der Waals surface area contributed by atoms with Gasteiger partial charge in [-0.1, -0.05) is 12.1 Å². The predicted octanol–water partition coefficient (Wildman–Crippen LogP) is 2.40. The van der Waals surface area contributed by atoms with Crippen LogP contribution >= 0.6 is 0 Å². The van der Waals surface area contributed by atoms with E-state index >= 15 is 0 Å². The molecule has 1 fully saturated rings. The van der Waals surface area contributed by atoms with Gasteiger partial charge in [0.05, 0.1) is 23.9 Å². The van der Waals surface area contributed by atoms with E-state index in [1.54, 1.807) is 36.4 Å². The molecule has 0 saturated carbocycles. The number of likely N-dealkylation sites (N-methyl/N-ethyl adjacent to an activating group) is 1. The van der Waals surface area contributed by atoms with Crippen molar-refractivity contribution in [1.29, 1.82) is 0 Å². The Morgan fingerprint density at radius 2 is 1.74 bits per heavy atom. The Morgan fingerprint density at radius 1 is 1.04 bits per heavy atom. The van der Waals surface area contributed by atoms with E-state index in [0.717, 1.165) is 31.9 Å². The van der Waals surface area contributed by atoms with E-state index in [-0.39, 0.29) is 11.3 Å². The lowest BCUT2D eigenvalue weighted by Gasteiger charge is -2.34. The van der Waals surface area contributed by atoms with E-state index in [0.29, 0.717) is 11.3 Å². The average molecular weight is 369 g/mol. The Morgan fingerprint density at radius 3 is 2.41 bits per heavy atom. The summed E-state index contributed by atoms with van der Waals surface area (Å²) in [6, 6.07) is 11.9. The minimum absolute atomic E-state index is 0.0645. The summed E-state index contributed by atoms with van der Waals surface area (Å²) in [6.45, 7) is 3.52. The van der Waals surface area contributed by atoms with Crippen molar-refractivity contribution >= 4 is 23.3 Å². The summed E-state index contributed by atoms with van der Waals surface area (Å²) in [7, 11) is 3.55. The van der Waals surface area contributed by atoms with E-state index in [1.807, 2.05) is 6.07 Å². The van der Waals surface area contributed by atoms with Gasteiger partial charge in [0.25, 0.3) is 5.91 Å². The van der Waals surface area contributed by atoms with Crippen molar-refractivity contribution in [2.24, 2.45) is 0 Å². The Kier molecular flexibility index (Phi) is 5.61.